The van der Waals surface area contributed by atoms with E-state index in [-0.39, 0.29) is 12.1 Å². The van der Waals surface area contributed by atoms with Crippen LogP contribution in [-0.2, 0) is 9.47 Å². The van der Waals surface area contributed by atoms with Gasteiger partial charge in [-0.2, -0.15) is 0 Å². The van der Waals surface area contributed by atoms with Crippen molar-refractivity contribution >= 4 is 11.7 Å². The summed E-state index contributed by atoms with van der Waals surface area (Å²) in [6, 6.07) is 7.64. The Hall–Kier alpha value is -1.55. The zero-order valence-electron chi connectivity index (χ0n) is 10.1. The van der Waals surface area contributed by atoms with Crippen LogP contribution < -0.4 is 5.32 Å². The largest absolute Gasteiger partial charge is 0.465 e. The van der Waals surface area contributed by atoms with Crippen LogP contribution in [0.15, 0.2) is 24.3 Å². The molecule has 1 fully saturated rings. The summed E-state index contributed by atoms with van der Waals surface area (Å²) < 4.78 is 10.2. The van der Waals surface area contributed by atoms with Crippen molar-refractivity contribution in [3.05, 3.63) is 29.8 Å². The van der Waals surface area contributed by atoms with Crippen LogP contribution in [0, 0.1) is 0 Å². The number of anilines is 1. The molecule has 1 aliphatic rings. The molecule has 0 amide bonds. The molecule has 1 saturated heterocycles. The second-order valence-electron chi connectivity index (χ2n) is 4.19. The van der Waals surface area contributed by atoms with Crippen LogP contribution >= 0.6 is 0 Å². The molecule has 1 heterocycles. The summed E-state index contributed by atoms with van der Waals surface area (Å²) in [4.78, 5) is 11.4. The van der Waals surface area contributed by atoms with Crippen LogP contribution in [-0.4, -0.2) is 31.8 Å². The normalized spacial score (nSPS) is 23.4. The van der Waals surface area contributed by atoms with Gasteiger partial charge in [-0.05, 0) is 31.5 Å². The van der Waals surface area contributed by atoms with Crippen LogP contribution in [0.1, 0.15) is 23.7 Å². The number of benzene rings is 1. The van der Waals surface area contributed by atoms with E-state index in [1.54, 1.807) is 12.1 Å². The van der Waals surface area contributed by atoms with Crippen LogP contribution in [0.25, 0.3) is 0 Å². The highest BCUT2D eigenvalue weighted by Crippen LogP contribution is 2.19. The molecule has 92 valence electrons. The summed E-state index contributed by atoms with van der Waals surface area (Å²) >= 11 is 0. The van der Waals surface area contributed by atoms with Gasteiger partial charge in [0.15, 0.2) is 0 Å². The maximum atomic E-state index is 11.4. The van der Waals surface area contributed by atoms with E-state index in [0.29, 0.717) is 11.6 Å². The van der Waals surface area contributed by atoms with Gasteiger partial charge in [-0.25, -0.2) is 4.79 Å². The van der Waals surface area contributed by atoms with Gasteiger partial charge in [0.05, 0.1) is 24.8 Å². The third-order valence-corrected chi connectivity index (χ3v) is 3.01. The van der Waals surface area contributed by atoms with E-state index >= 15 is 0 Å². The summed E-state index contributed by atoms with van der Waals surface area (Å²) in [5.41, 5.74) is 1.49. The predicted octanol–water partition coefficient (Wildman–Crippen LogP) is 2.06. The molecule has 4 heteroatoms. The number of esters is 1. The topological polar surface area (TPSA) is 47.6 Å². The monoisotopic (exact) mass is 235 g/mol. The summed E-state index contributed by atoms with van der Waals surface area (Å²) in [7, 11) is 1.38. The van der Waals surface area contributed by atoms with E-state index in [4.69, 9.17) is 9.47 Å². The molecule has 0 radical (unpaired) electrons. The Kier molecular flexibility index (Phi) is 3.64. The average Bonchev–Trinajstić information content (AvgIpc) is 2.74. The molecule has 0 spiro atoms. The minimum atomic E-state index is -0.315. The average molecular weight is 235 g/mol. The molecule has 0 saturated carbocycles. The molecule has 1 N–H and O–H groups in total. The predicted molar refractivity (Wildman–Crippen MR) is 65.2 cm³/mol. The number of nitrogens with one attached hydrogen (secondary N) is 1. The Labute approximate surface area is 101 Å². The Morgan fingerprint density at radius 1 is 1.53 bits per heavy atom. The highest BCUT2D eigenvalue weighted by atomic mass is 16.5. The van der Waals surface area contributed by atoms with Gasteiger partial charge in [-0.1, -0.05) is 6.07 Å². The van der Waals surface area contributed by atoms with Crippen molar-refractivity contribution in [2.24, 2.45) is 0 Å². The molecule has 2 atom stereocenters. The lowest BCUT2D eigenvalue weighted by Crippen LogP contribution is -2.26. The highest BCUT2D eigenvalue weighted by Gasteiger charge is 2.23. The molecular formula is C13H17NO3. The van der Waals surface area contributed by atoms with Crippen LogP contribution in [0.3, 0.4) is 0 Å². The smallest absolute Gasteiger partial charge is 0.337 e. The maximum Gasteiger partial charge on any atom is 0.337 e. The van der Waals surface area contributed by atoms with Crippen LogP contribution in [0.4, 0.5) is 5.69 Å². The fourth-order valence-electron chi connectivity index (χ4n) is 1.99. The lowest BCUT2D eigenvalue weighted by Gasteiger charge is -2.17. The zero-order chi connectivity index (χ0) is 12.3. The number of rotatable bonds is 3. The highest BCUT2D eigenvalue weighted by molar-refractivity contribution is 5.90. The molecule has 17 heavy (non-hydrogen) atoms. The van der Waals surface area contributed by atoms with Gasteiger partial charge in [0.25, 0.3) is 0 Å². The molecule has 2 unspecified atom stereocenters. The summed E-state index contributed by atoms with van der Waals surface area (Å²) in [6.07, 6.45) is 1.20. The number of hydrogen-bond donors (Lipinski definition) is 1. The molecule has 2 rings (SSSR count). The molecule has 0 aromatic heterocycles. The summed E-state index contributed by atoms with van der Waals surface area (Å²) in [6.45, 7) is 2.84. The first-order valence-corrected chi connectivity index (χ1v) is 5.77. The number of hydrogen-bond acceptors (Lipinski definition) is 4. The van der Waals surface area contributed by atoms with Gasteiger partial charge in [0, 0.05) is 12.3 Å². The van der Waals surface area contributed by atoms with Crippen LogP contribution in [0.2, 0.25) is 0 Å². The van der Waals surface area contributed by atoms with Gasteiger partial charge >= 0.3 is 5.97 Å². The molecule has 4 nitrogen and oxygen atoms in total. The lowest BCUT2D eigenvalue weighted by molar-refractivity contribution is 0.0601. The van der Waals surface area contributed by atoms with E-state index in [0.717, 1.165) is 18.7 Å². The number of carbonyl (C=O) groups is 1. The fourth-order valence-corrected chi connectivity index (χ4v) is 1.99. The van der Waals surface area contributed by atoms with Gasteiger partial charge in [0.1, 0.15) is 0 Å². The number of carbonyl (C=O) groups excluding carboxylic acids is 1. The Morgan fingerprint density at radius 3 is 3.00 bits per heavy atom. The first-order valence-electron chi connectivity index (χ1n) is 5.77. The first kappa shape index (κ1) is 11.9. The molecule has 1 aromatic rings. The summed E-state index contributed by atoms with van der Waals surface area (Å²) in [5.74, 6) is -0.315. The maximum absolute atomic E-state index is 11.4. The Balaban J connectivity index is 2.08. The van der Waals surface area contributed by atoms with Gasteiger partial charge in [0.2, 0.25) is 0 Å². The Morgan fingerprint density at radius 2 is 2.35 bits per heavy atom. The van der Waals surface area contributed by atoms with E-state index in [1.807, 2.05) is 12.1 Å². The first-order chi connectivity index (χ1) is 8.20. The second kappa shape index (κ2) is 5.19. The molecule has 1 aromatic carbocycles. The van der Waals surface area contributed by atoms with Gasteiger partial charge in [-0.15, -0.1) is 0 Å². The Bertz CT molecular complexity index is 405. The van der Waals surface area contributed by atoms with Crippen molar-refractivity contribution in [3.8, 4) is 0 Å². The standard InChI is InChI=1S/C13H17NO3/c1-9-12(6-7-17-9)14-11-5-3-4-10(8-11)13(15)16-2/h3-5,8-9,12,14H,6-7H2,1-2H3. The number of methoxy groups -OCH3 is 1. The third-order valence-electron chi connectivity index (χ3n) is 3.01. The second-order valence-corrected chi connectivity index (χ2v) is 4.19. The van der Waals surface area contributed by atoms with Crippen molar-refractivity contribution in [2.75, 3.05) is 19.0 Å². The van der Waals surface area contributed by atoms with E-state index in [9.17, 15) is 4.79 Å². The number of ether oxygens (including phenoxy) is 2. The molecule has 0 aliphatic carbocycles. The minimum Gasteiger partial charge on any atom is -0.465 e. The fraction of sp³-hybridized carbons (Fsp3) is 0.462. The molecule has 1 aliphatic heterocycles. The summed E-state index contributed by atoms with van der Waals surface area (Å²) in [5, 5.41) is 3.38. The molecular weight excluding hydrogens is 218 g/mol. The van der Waals surface area contributed by atoms with Gasteiger partial charge < -0.3 is 14.8 Å². The van der Waals surface area contributed by atoms with E-state index in [1.165, 1.54) is 7.11 Å². The minimum absolute atomic E-state index is 0.205. The van der Waals surface area contributed by atoms with Crippen molar-refractivity contribution in [2.45, 2.75) is 25.5 Å². The van der Waals surface area contributed by atoms with E-state index < -0.39 is 0 Å². The van der Waals surface area contributed by atoms with E-state index in [2.05, 4.69) is 12.2 Å². The van der Waals surface area contributed by atoms with Crippen molar-refractivity contribution in [3.63, 3.8) is 0 Å². The van der Waals surface area contributed by atoms with Crippen molar-refractivity contribution in [1.29, 1.82) is 0 Å². The van der Waals surface area contributed by atoms with Crippen molar-refractivity contribution < 1.29 is 14.3 Å². The third kappa shape index (κ3) is 2.77. The molecule has 0 bridgehead atoms. The lowest BCUT2D eigenvalue weighted by atomic mass is 10.1. The SMILES string of the molecule is COC(=O)c1cccc(NC2CCOC2C)c1. The van der Waals surface area contributed by atoms with Crippen molar-refractivity contribution in [1.82, 2.24) is 0 Å². The quantitative estimate of drug-likeness (QED) is 0.815. The van der Waals surface area contributed by atoms with Crippen LogP contribution in [0.5, 0.6) is 0 Å². The zero-order valence-corrected chi connectivity index (χ0v) is 10.1. The van der Waals surface area contributed by atoms with Gasteiger partial charge in [-0.3, -0.25) is 0 Å².